The lowest BCUT2D eigenvalue weighted by molar-refractivity contribution is 0.280. The molecule has 1 saturated carbocycles. The number of rotatable bonds is 7. The zero-order valence-electron chi connectivity index (χ0n) is 11.8. The fraction of sp³-hybridized carbons (Fsp3) is 1.00. The molecule has 0 aromatic heterocycles. The largest absolute Gasteiger partial charge is 0.330 e. The molecule has 5 nitrogen and oxygen atoms in total. The maximum absolute atomic E-state index is 12.2. The summed E-state index contributed by atoms with van der Waals surface area (Å²) < 4.78 is 26.1. The molecule has 1 aliphatic carbocycles. The Morgan fingerprint density at radius 2 is 1.79 bits per heavy atom. The summed E-state index contributed by atoms with van der Waals surface area (Å²) in [4.78, 5) is 2.40. The summed E-state index contributed by atoms with van der Waals surface area (Å²) in [5.41, 5.74) is 5.49. The van der Waals surface area contributed by atoms with Gasteiger partial charge in [0.1, 0.15) is 0 Å². The predicted molar refractivity (Wildman–Crippen MR) is 77.5 cm³/mol. The highest BCUT2D eigenvalue weighted by atomic mass is 32.2. The van der Waals surface area contributed by atoms with Crippen molar-refractivity contribution >= 4 is 10.0 Å². The summed E-state index contributed by atoms with van der Waals surface area (Å²) in [5, 5.41) is -0.0661. The van der Waals surface area contributed by atoms with Gasteiger partial charge in [-0.25, -0.2) is 12.7 Å². The normalized spacial score (nSPS) is 23.4. The van der Waals surface area contributed by atoms with Crippen molar-refractivity contribution in [3.05, 3.63) is 0 Å². The van der Waals surface area contributed by atoms with Crippen LogP contribution in [0.15, 0.2) is 0 Å². The molecule has 2 N–H and O–H groups in total. The van der Waals surface area contributed by atoms with E-state index in [-0.39, 0.29) is 5.25 Å². The van der Waals surface area contributed by atoms with E-state index in [9.17, 15) is 8.42 Å². The van der Waals surface area contributed by atoms with Crippen molar-refractivity contribution in [2.24, 2.45) is 5.73 Å². The first-order valence-corrected chi connectivity index (χ1v) is 9.06. The monoisotopic (exact) mass is 289 g/mol. The molecule has 0 bridgehead atoms. The van der Waals surface area contributed by atoms with E-state index in [1.54, 1.807) is 4.31 Å². The Bertz CT molecular complexity index is 368. The molecule has 0 radical (unpaired) electrons. The van der Waals surface area contributed by atoms with Crippen LogP contribution in [0.5, 0.6) is 0 Å². The molecule has 1 aliphatic heterocycles. The zero-order chi connectivity index (χ0) is 13.7. The first-order chi connectivity index (χ1) is 9.14. The van der Waals surface area contributed by atoms with Gasteiger partial charge < -0.3 is 10.6 Å². The van der Waals surface area contributed by atoms with Crippen molar-refractivity contribution in [1.29, 1.82) is 0 Å². The maximum Gasteiger partial charge on any atom is 0.217 e. The summed E-state index contributed by atoms with van der Waals surface area (Å²) in [6, 6.07) is 0. The van der Waals surface area contributed by atoms with E-state index in [0.717, 1.165) is 51.9 Å². The van der Waals surface area contributed by atoms with Crippen LogP contribution in [0.3, 0.4) is 0 Å². The van der Waals surface area contributed by atoms with Crippen LogP contribution < -0.4 is 5.73 Å². The van der Waals surface area contributed by atoms with E-state index in [4.69, 9.17) is 5.73 Å². The average molecular weight is 289 g/mol. The van der Waals surface area contributed by atoms with Crippen molar-refractivity contribution in [3.8, 4) is 0 Å². The molecule has 0 atom stereocenters. The highest BCUT2D eigenvalue weighted by Gasteiger charge is 2.40. The third-order valence-corrected chi connectivity index (χ3v) is 6.43. The Labute approximate surface area is 117 Å². The third kappa shape index (κ3) is 4.41. The maximum atomic E-state index is 12.2. The van der Waals surface area contributed by atoms with Gasteiger partial charge in [-0.2, -0.15) is 0 Å². The van der Waals surface area contributed by atoms with E-state index < -0.39 is 10.0 Å². The second-order valence-electron chi connectivity index (χ2n) is 5.69. The molecular formula is C13H27N3O2S. The number of nitrogens with two attached hydrogens (primary N) is 1. The van der Waals surface area contributed by atoms with Gasteiger partial charge in [-0.15, -0.1) is 0 Å². The van der Waals surface area contributed by atoms with Crippen molar-refractivity contribution in [1.82, 2.24) is 9.21 Å². The molecule has 0 aromatic rings. The van der Waals surface area contributed by atoms with Crippen LogP contribution >= 0.6 is 0 Å². The number of hydrogen-bond donors (Lipinski definition) is 1. The summed E-state index contributed by atoms with van der Waals surface area (Å²) in [6.07, 6.45) is 6.13. The van der Waals surface area contributed by atoms with Gasteiger partial charge >= 0.3 is 0 Å². The SMILES string of the molecule is NCCCCCN1CCCN(S(=O)(=O)C2CC2)CC1. The molecular weight excluding hydrogens is 262 g/mol. The van der Waals surface area contributed by atoms with Crippen LogP contribution in [0.1, 0.15) is 38.5 Å². The first kappa shape index (κ1) is 15.2. The third-order valence-electron chi connectivity index (χ3n) is 4.03. The fourth-order valence-electron chi connectivity index (χ4n) is 2.66. The zero-order valence-corrected chi connectivity index (χ0v) is 12.6. The highest BCUT2D eigenvalue weighted by Crippen LogP contribution is 2.31. The minimum atomic E-state index is -2.97. The van der Waals surface area contributed by atoms with Crippen LogP contribution in [-0.2, 0) is 10.0 Å². The second-order valence-corrected chi connectivity index (χ2v) is 7.90. The van der Waals surface area contributed by atoms with Gasteiger partial charge in [0.25, 0.3) is 0 Å². The lowest BCUT2D eigenvalue weighted by Crippen LogP contribution is -2.37. The number of nitrogens with zero attached hydrogens (tertiary/aromatic N) is 2. The standard InChI is InChI=1S/C13H27N3O2S/c14-7-2-1-3-8-15-9-4-10-16(12-11-15)19(17,18)13-5-6-13/h13H,1-12,14H2. The van der Waals surface area contributed by atoms with E-state index in [0.29, 0.717) is 13.1 Å². The lowest BCUT2D eigenvalue weighted by atomic mass is 10.2. The molecule has 19 heavy (non-hydrogen) atoms. The molecule has 2 aliphatic rings. The van der Waals surface area contributed by atoms with E-state index in [1.807, 2.05) is 0 Å². The average Bonchev–Trinajstić information content (AvgIpc) is 3.20. The molecule has 6 heteroatoms. The Morgan fingerprint density at radius 1 is 1.00 bits per heavy atom. The summed E-state index contributed by atoms with van der Waals surface area (Å²) in [6.45, 7) is 5.15. The topological polar surface area (TPSA) is 66.6 Å². The van der Waals surface area contributed by atoms with Gasteiger partial charge in [0.2, 0.25) is 10.0 Å². The fourth-order valence-corrected chi connectivity index (χ4v) is 4.53. The van der Waals surface area contributed by atoms with Gasteiger partial charge in [-0.05, 0) is 51.7 Å². The van der Waals surface area contributed by atoms with Gasteiger partial charge in [-0.3, -0.25) is 0 Å². The van der Waals surface area contributed by atoms with Crippen molar-refractivity contribution < 1.29 is 8.42 Å². The quantitative estimate of drug-likeness (QED) is 0.698. The number of hydrogen-bond acceptors (Lipinski definition) is 4. The molecule has 0 aromatic carbocycles. The van der Waals surface area contributed by atoms with E-state index in [1.165, 1.54) is 12.8 Å². The minimum absolute atomic E-state index is 0.0661. The summed E-state index contributed by atoms with van der Waals surface area (Å²) in [5.74, 6) is 0. The summed E-state index contributed by atoms with van der Waals surface area (Å²) in [7, 11) is -2.97. The molecule has 2 rings (SSSR count). The van der Waals surface area contributed by atoms with Gasteiger partial charge in [0, 0.05) is 19.6 Å². The smallest absolute Gasteiger partial charge is 0.217 e. The van der Waals surface area contributed by atoms with Crippen LogP contribution in [0, 0.1) is 0 Å². The van der Waals surface area contributed by atoms with Gasteiger partial charge in [0.05, 0.1) is 5.25 Å². The Balaban J connectivity index is 1.75. The van der Waals surface area contributed by atoms with Gasteiger partial charge in [-0.1, -0.05) is 6.42 Å². The predicted octanol–water partition coefficient (Wildman–Crippen LogP) is 0.615. The molecule has 0 unspecified atom stereocenters. The van der Waals surface area contributed by atoms with Crippen LogP contribution in [0.25, 0.3) is 0 Å². The Kier molecular flexibility index (Phi) is 5.62. The number of unbranched alkanes of at least 4 members (excludes halogenated alkanes) is 2. The molecule has 2 fully saturated rings. The molecule has 0 amide bonds. The molecule has 0 spiro atoms. The van der Waals surface area contributed by atoms with Crippen molar-refractivity contribution in [2.75, 3.05) is 39.3 Å². The van der Waals surface area contributed by atoms with Crippen LogP contribution in [-0.4, -0.2) is 62.1 Å². The van der Waals surface area contributed by atoms with Crippen molar-refractivity contribution in [3.63, 3.8) is 0 Å². The Hall–Kier alpha value is -0.170. The van der Waals surface area contributed by atoms with Crippen LogP contribution in [0.4, 0.5) is 0 Å². The van der Waals surface area contributed by atoms with Gasteiger partial charge in [0.15, 0.2) is 0 Å². The molecule has 1 saturated heterocycles. The second kappa shape index (κ2) is 7.02. The minimum Gasteiger partial charge on any atom is -0.330 e. The summed E-state index contributed by atoms with van der Waals surface area (Å²) >= 11 is 0. The van der Waals surface area contributed by atoms with E-state index in [2.05, 4.69) is 4.90 Å². The Morgan fingerprint density at radius 3 is 2.47 bits per heavy atom. The van der Waals surface area contributed by atoms with Crippen molar-refractivity contribution in [2.45, 2.75) is 43.8 Å². The number of sulfonamides is 1. The highest BCUT2D eigenvalue weighted by molar-refractivity contribution is 7.90. The molecule has 1 heterocycles. The van der Waals surface area contributed by atoms with Crippen LogP contribution in [0.2, 0.25) is 0 Å². The molecule has 112 valence electrons. The van der Waals surface area contributed by atoms with E-state index >= 15 is 0 Å². The first-order valence-electron chi connectivity index (χ1n) is 7.56. The lowest BCUT2D eigenvalue weighted by Gasteiger charge is -2.21.